The van der Waals surface area contributed by atoms with E-state index in [0.717, 1.165) is 23.1 Å². The fraction of sp³-hybridized carbons (Fsp3) is 0.346. The van der Waals surface area contributed by atoms with Crippen LogP contribution in [0.5, 0.6) is 0 Å². The molecule has 2 aromatic carbocycles. The van der Waals surface area contributed by atoms with E-state index in [9.17, 15) is 14.0 Å². The highest BCUT2D eigenvalue weighted by molar-refractivity contribution is 6.05. The summed E-state index contributed by atoms with van der Waals surface area (Å²) in [4.78, 5) is 31.2. The highest BCUT2D eigenvalue weighted by Crippen LogP contribution is 2.32. The number of hydrogen-bond donors (Lipinski definition) is 1. The molecule has 0 fully saturated rings. The van der Waals surface area contributed by atoms with Crippen LogP contribution in [-0.4, -0.2) is 49.0 Å². The van der Waals surface area contributed by atoms with Gasteiger partial charge in [-0.15, -0.1) is 0 Å². The Kier molecular flexibility index (Phi) is 8.35. The van der Waals surface area contributed by atoms with E-state index in [0.29, 0.717) is 48.8 Å². The molecule has 0 aromatic heterocycles. The standard InChI is InChI=1S/C26H30FN3O3/c1-3-13-30(14-5-12-27)25(31)22-15-21-11-10-20(16-23(21)29-24(28)17-22)18-6-8-19(9-7-18)26(32)33-4-2/h6-11,15-16H,3-5,12-14,17H2,1-2H3,(H2,28,29). The Labute approximate surface area is 193 Å². The zero-order valence-electron chi connectivity index (χ0n) is 19.1. The van der Waals surface area contributed by atoms with Crippen LogP contribution in [0.3, 0.4) is 0 Å². The molecule has 0 atom stereocenters. The number of amidine groups is 1. The predicted molar refractivity (Wildman–Crippen MR) is 129 cm³/mol. The lowest BCUT2D eigenvalue weighted by Crippen LogP contribution is -2.35. The van der Waals surface area contributed by atoms with Gasteiger partial charge in [-0.25, -0.2) is 9.79 Å². The third-order valence-corrected chi connectivity index (χ3v) is 5.34. The SMILES string of the molecule is CCCN(CCCF)C(=O)C1=Cc2ccc(-c3ccc(C(=O)OCC)cc3)cc2N=C(N)C1. The minimum absolute atomic E-state index is 0.130. The van der Waals surface area contributed by atoms with Crippen molar-refractivity contribution in [1.29, 1.82) is 0 Å². The van der Waals surface area contributed by atoms with Crippen LogP contribution in [0.4, 0.5) is 10.1 Å². The first-order chi connectivity index (χ1) is 16.0. The van der Waals surface area contributed by atoms with Gasteiger partial charge in [0, 0.05) is 30.6 Å². The second-order valence-electron chi connectivity index (χ2n) is 7.86. The molecule has 174 valence electrons. The number of rotatable bonds is 9. The molecule has 1 heterocycles. The Bertz CT molecular complexity index is 1060. The molecule has 33 heavy (non-hydrogen) atoms. The Hall–Kier alpha value is -3.48. The van der Waals surface area contributed by atoms with Gasteiger partial charge in [0.2, 0.25) is 5.91 Å². The summed E-state index contributed by atoms with van der Waals surface area (Å²) in [5.74, 6) is -0.130. The molecule has 0 radical (unpaired) electrons. The molecule has 0 unspecified atom stereocenters. The average molecular weight is 452 g/mol. The summed E-state index contributed by atoms with van der Waals surface area (Å²) in [6.45, 7) is 4.58. The van der Waals surface area contributed by atoms with Crippen molar-refractivity contribution in [3.63, 3.8) is 0 Å². The topological polar surface area (TPSA) is 85.0 Å². The van der Waals surface area contributed by atoms with Gasteiger partial charge in [0.15, 0.2) is 0 Å². The third kappa shape index (κ3) is 6.06. The van der Waals surface area contributed by atoms with E-state index in [1.54, 1.807) is 24.0 Å². The van der Waals surface area contributed by atoms with E-state index < -0.39 is 6.67 Å². The number of carbonyl (C=O) groups is 2. The van der Waals surface area contributed by atoms with E-state index in [2.05, 4.69) is 4.99 Å². The molecule has 7 heteroatoms. The lowest BCUT2D eigenvalue weighted by atomic mass is 10.00. The smallest absolute Gasteiger partial charge is 0.338 e. The van der Waals surface area contributed by atoms with Gasteiger partial charge in [0.25, 0.3) is 0 Å². The van der Waals surface area contributed by atoms with Crippen molar-refractivity contribution in [2.75, 3.05) is 26.4 Å². The number of nitrogens with zero attached hydrogens (tertiary/aromatic N) is 2. The number of fused-ring (bicyclic) bond motifs is 1. The average Bonchev–Trinajstić information content (AvgIpc) is 2.99. The monoisotopic (exact) mass is 451 g/mol. The van der Waals surface area contributed by atoms with Gasteiger partial charge < -0.3 is 15.4 Å². The predicted octanol–water partition coefficient (Wildman–Crippen LogP) is 4.90. The Morgan fingerprint density at radius 1 is 1.09 bits per heavy atom. The molecule has 6 nitrogen and oxygen atoms in total. The molecule has 1 amide bonds. The second-order valence-corrected chi connectivity index (χ2v) is 7.86. The highest BCUT2D eigenvalue weighted by atomic mass is 19.1. The number of halogens is 1. The molecule has 0 spiro atoms. The van der Waals surface area contributed by atoms with E-state index in [1.807, 2.05) is 43.3 Å². The zero-order valence-corrected chi connectivity index (χ0v) is 19.1. The van der Waals surface area contributed by atoms with Crippen LogP contribution in [-0.2, 0) is 9.53 Å². The van der Waals surface area contributed by atoms with Gasteiger partial charge in [0.1, 0.15) is 5.84 Å². The maximum Gasteiger partial charge on any atom is 0.338 e. The molecule has 3 rings (SSSR count). The zero-order chi connectivity index (χ0) is 23.8. The Morgan fingerprint density at radius 3 is 2.48 bits per heavy atom. The van der Waals surface area contributed by atoms with Crippen molar-refractivity contribution in [3.05, 3.63) is 59.2 Å². The van der Waals surface area contributed by atoms with Gasteiger partial charge in [-0.1, -0.05) is 31.2 Å². The van der Waals surface area contributed by atoms with Gasteiger partial charge in [-0.05, 0) is 55.2 Å². The normalized spacial score (nSPS) is 12.8. The summed E-state index contributed by atoms with van der Waals surface area (Å²) in [6.07, 6.45) is 3.18. The Morgan fingerprint density at radius 2 is 1.82 bits per heavy atom. The fourth-order valence-corrected chi connectivity index (χ4v) is 3.76. The van der Waals surface area contributed by atoms with Crippen molar-refractivity contribution in [2.24, 2.45) is 10.7 Å². The summed E-state index contributed by atoms with van der Waals surface area (Å²) in [7, 11) is 0. The van der Waals surface area contributed by atoms with Gasteiger partial charge >= 0.3 is 5.97 Å². The number of ether oxygens (including phenoxy) is 1. The lowest BCUT2D eigenvalue weighted by Gasteiger charge is -2.23. The molecule has 1 aliphatic heterocycles. The summed E-state index contributed by atoms with van der Waals surface area (Å²) in [5.41, 5.74) is 10.5. The molecule has 0 saturated carbocycles. The van der Waals surface area contributed by atoms with Gasteiger partial charge in [-0.2, -0.15) is 0 Å². The van der Waals surface area contributed by atoms with Crippen molar-refractivity contribution in [3.8, 4) is 11.1 Å². The number of aliphatic imine (C=N–C) groups is 1. The summed E-state index contributed by atoms with van der Waals surface area (Å²) < 4.78 is 17.7. The first-order valence-electron chi connectivity index (χ1n) is 11.3. The van der Waals surface area contributed by atoms with Crippen LogP contribution in [0.1, 0.15) is 49.0 Å². The minimum Gasteiger partial charge on any atom is -0.462 e. The van der Waals surface area contributed by atoms with Crippen LogP contribution in [0, 0.1) is 0 Å². The molecular formula is C26H30FN3O3. The lowest BCUT2D eigenvalue weighted by molar-refractivity contribution is -0.127. The number of hydrogen-bond acceptors (Lipinski definition) is 5. The molecule has 2 N–H and O–H groups in total. The number of esters is 1. The van der Waals surface area contributed by atoms with Crippen LogP contribution >= 0.6 is 0 Å². The summed E-state index contributed by atoms with van der Waals surface area (Å²) in [5, 5.41) is 0. The highest BCUT2D eigenvalue weighted by Gasteiger charge is 2.21. The number of amides is 1. The van der Waals surface area contributed by atoms with Crippen LogP contribution in [0.25, 0.3) is 17.2 Å². The van der Waals surface area contributed by atoms with Crippen LogP contribution < -0.4 is 5.73 Å². The third-order valence-electron chi connectivity index (χ3n) is 5.34. The molecule has 1 aliphatic rings. The number of nitrogens with two attached hydrogens (primary N) is 1. The fourth-order valence-electron chi connectivity index (χ4n) is 3.76. The quantitative estimate of drug-likeness (QED) is 0.549. The van der Waals surface area contributed by atoms with Crippen LogP contribution in [0.2, 0.25) is 0 Å². The maximum absolute atomic E-state index is 13.1. The van der Waals surface area contributed by atoms with E-state index in [-0.39, 0.29) is 18.3 Å². The molecule has 2 aromatic rings. The van der Waals surface area contributed by atoms with Crippen molar-refractivity contribution in [1.82, 2.24) is 4.90 Å². The van der Waals surface area contributed by atoms with Crippen molar-refractivity contribution < 1.29 is 18.7 Å². The number of carbonyl (C=O) groups excluding carboxylic acids is 2. The van der Waals surface area contributed by atoms with Crippen molar-refractivity contribution >= 4 is 29.5 Å². The second kappa shape index (κ2) is 11.4. The van der Waals surface area contributed by atoms with E-state index in [4.69, 9.17) is 10.5 Å². The molecule has 0 bridgehead atoms. The minimum atomic E-state index is -0.456. The first kappa shape index (κ1) is 24.2. The summed E-state index contributed by atoms with van der Waals surface area (Å²) >= 11 is 0. The largest absolute Gasteiger partial charge is 0.462 e. The van der Waals surface area contributed by atoms with E-state index >= 15 is 0 Å². The number of alkyl halides is 1. The number of benzene rings is 2. The molecule has 0 saturated heterocycles. The first-order valence-corrected chi connectivity index (χ1v) is 11.3. The van der Waals surface area contributed by atoms with Crippen LogP contribution in [0.15, 0.2) is 53.0 Å². The van der Waals surface area contributed by atoms with Gasteiger partial charge in [0.05, 0.1) is 24.5 Å². The van der Waals surface area contributed by atoms with Gasteiger partial charge in [-0.3, -0.25) is 9.18 Å². The maximum atomic E-state index is 13.1. The molecular weight excluding hydrogens is 421 g/mol. The van der Waals surface area contributed by atoms with E-state index in [1.165, 1.54) is 0 Å². The Balaban J connectivity index is 1.89. The van der Waals surface area contributed by atoms with Crippen molar-refractivity contribution in [2.45, 2.75) is 33.1 Å². The summed E-state index contributed by atoms with van der Waals surface area (Å²) in [6, 6.07) is 12.9. The molecule has 0 aliphatic carbocycles.